The Labute approximate surface area is 124 Å². The summed E-state index contributed by atoms with van der Waals surface area (Å²) >= 11 is 0. The second kappa shape index (κ2) is 7.03. The monoisotopic (exact) mass is 291 g/mol. The van der Waals surface area contributed by atoms with E-state index in [2.05, 4.69) is 27.8 Å². The first-order valence-corrected chi connectivity index (χ1v) is 6.90. The number of benzene rings is 1. The second-order valence-corrected chi connectivity index (χ2v) is 4.66. The summed E-state index contributed by atoms with van der Waals surface area (Å²) in [5.41, 5.74) is 1.05. The molecule has 1 atom stereocenters. The molecule has 0 amide bonds. The van der Waals surface area contributed by atoms with Gasteiger partial charge in [0, 0.05) is 0 Å². The van der Waals surface area contributed by atoms with Crippen molar-refractivity contribution < 1.29 is 9.47 Å². The first kappa shape index (κ1) is 15.2. The predicted octanol–water partition coefficient (Wildman–Crippen LogP) is 1.41. The summed E-state index contributed by atoms with van der Waals surface area (Å²) in [6.45, 7) is 5.54. The lowest BCUT2D eigenvalue weighted by Gasteiger charge is -2.13. The zero-order chi connectivity index (χ0) is 15.2. The number of tetrazole rings is 1. The van der Waals surface area contributed by atoms with E-state index < -0.39 is 0 Å². The maximum atomic E-state index is 5.31. The Morgan fingerprint density at radius 1 is 1.24 bits per heavy atom. The van der Waals surface area contributed by atoms with Gasteiger partial charge in [0.25, 0.3) is 0 Å². The second-order valence-electron chi connectivity index (χ2n) is 4.66. The molecule has 1 aromatic heterocycles. The smallest absolute Gasteiger partial charge is 0.168 e. The Hall–Kier alpha value is -2.15. The largest absolute Gasteiger partial charge is 0.493 e. The number of methoxy groups -OCH3 is 2. The molecule has 0 radical (unpaired) electrons. The van der Waals surface area contributed by atoms with Crippen LogP contribution in [0.1, 0.15) is 31.3 Å². The Balaban J connectivity index is 2.21. The van der Waals surface area contributed by atoms with Crippen LogP contribution in [0.3, 0.4) is 0 Å². The number of aromatic nitrogens is 4. The highest BCUT2D eigenvalue weighted by Crippen LogP contribution is 2.27. The Morgan fingerprint density at radius 2 is 2.00 bits per heavy atom. The van der Waals surface area contributed by atoms with Gasteiger partial charge in [0.05, 0.1) is 26.8 Å². The van der Waals surface area contributed by atoms with E-state index in [9.17, 15) is 0 Å². The predicted molar refractivity (Wildman–Crippen MR) is 78.6 cm³/mol. The van der Waals surface area contributed by atoms with Crippen LogP contribution in [0.5, 0.6) is 11.5 Å². The highest BCUT2D eigenvalue weighted by Gasteiger charge is 2.14. The van der Waals surface area contributed by atoms with Crippen molar-refractivity contribution in [2.24, 2.45) is 0 Å². The quantitative estimate of drug-likeness (QED) is 0.831. The molecule has 114 valence electrons. The lowest BCUT2D eigenvalue weighted by Crippen LogP contribution is -2.22. The molecule has 0 aliphatic carbocycles. The van der Waals surface area contributed by atoms with Crippen LogP contribution in [-0.4, -0.2) is 41.0 Å². The van der Waals surface area contributed by atoms with E-state index in [0.29, 0.717) is 18.0 Å². The Kier molecular flexibility index (Phi) is 5.10. The number of rotatable bonds is 7. The third-order valence-electron chi connectivity index (χ3n) is 3.24. The van der Waals surface area contributed by atoms with Gasteiger partial charge in [-0.25, -0.2) is 4.68 Å². The van der Waals surface area contributed by atoms with Crippen LogP contribution < -0.4 is 14.8 Å². The average molecular weight is 291 g/mol. The van der Waals surface area contributed by atoms with E-state index >= 15 is 0 Å². The molecule has 0 fully saturated rings. The Morgan fingerprint density at radius 3 is 2.67 bits per heavy atom. The van der Waals surface area contributed by atoms with E-state index in [-0.39, 0.29) is 6.04 Å². The van der Waals surface area contributed by atoms with Crippen molar-refractivity contribution in [3.8, 4) is 11.5 Å². The molecule has 7 nitrogen and oxygen atoms in total. The van der Waals surface area contributed by atoms with Crippen LogP contribution in [0.2, 0.25) is 0 Å². The van der Waals surface area contributed by atoms with Gasteiger partial charge in [-0.05, 0) is 41.6 Å². The van der Waals surface area contributed by atoms with E-state index in [1.165, 1.54) is 0 Å². The highest BCUT2D eigenvalue weighted by atomic mass is 16.5. The van der Waals surface area contributed by atoms with Gasteiger partial charge >= 0.3 is 0 Å². The van der Waals surface area contributed by atoms with Gasteiger partial charge in [0.15, 0.2) is 17.3 Å². The molecule has 0 saturated heterocycles. The van der Waals surface area contributed by atoms with E-state index in [0.717, 1.165) is 17.9 Å². The number of ether oxygens (including phenoxy) is 2. The SMILES string of the molecule is CCNC(C)c1nnnn1Cc1ccc(OC)c(OC)c1. The zero-order valence-corrected chi connectivity index (χ0v) is 12.8. The van der Waals surface area contributed by atoms with Crippen LogP contribution in [-0.2, 0) is 6.54 Å². The molecule has 1 aromatic carbocycles. The van der Waals surface area contributed by atoms with Crippen molar-refractivity contribution in [2.75, 3.05) is 20.8 Å². The molecule has 1 unspecified atom stereocenters. The molecule has 0 aliphatic rings. The molecule has 1 heterocycles. The topological polar surface area (TPSA) is 74.1 Å². The fraction of sp³-hybridized carbons (Fsp3) is 0.500. The van der Waals surface area contributed by atoms with Gasteiger partial charge in [0.2, 0.25) is 0 Å². The maximum Gasteiger partial charge on any atom is 0.168 e. The van der Waals surface area contributed by atoms with Gasteiger partial charge in [-0.1, -0.05) is 13.0 Å². The summed E-state index contributed by atoms with van der Waals surface area (Å²) in [5, 5.41) is 15.2. The number of nitrogens with one attached hydrogen (secondary N) is 1. The van der Waals surface area contributed by atoms with Gasteiger partial charge in [-0.2, -0.15) is 0 Å². The highest BCUT2D eigenvalue weighted by molar-refractivity contribution is 5.42. The van der Waals surface area contributed by atoms with Crippen LogP contribution in [0, 0.1) is 0 Å². The molecule has 0 bridgehead atoms. The van der Waals surface area contributed by atoms with Gasteiger partial charge in [-0.3, -0.25) is 0 Å². The summed E-state index contributed by atoms with van der Waals surface area (Å²) in [6.07, 6.45) is 0. The van der Waals surface area contributed by atoms with Crippen LogP contribution in [0.15, 0.2) is 18.2 Å². The summed E-state index contributed by atoms with van der Waals surface area (Å²) in [7, 11) is 3.24. The third kappa shape index (κ3) is 3.49. The fourth-order valence-electron chi connectivity index (χ4n) is 2.18. The van der Waals surface area contributed by atoms with E-state index in [4.69, 9.17) is 9.47 Å². The molecule has 7 heteroatoms. The molecule has 0 aliphatic heterocycles. The molecular weight excluding hydrogens is 270 g/mol. The van der Waals surface area contributed by atoms with Gasteiger partial charge in [0.1, 0.15) is 0 Å². The average Bonchev–Trinajstić information content (AvgIpc) is 2.95. The summed E-state index contributed by atoms with van der Waals surface area (Å²) in [4.78, 5) is 0. The molecule has 21 heavy (non-hydrogen) atoms. The molecule has 2 rings (SSSR count). The van der Waals surface area contributed by atoms with Crippen molar-refractivity contribution in [1.82, 2.24) is 25.5 Å². The van der Waals surface area contributed by atoms with Crippen molar-refractivity contribution in [1.29, 1.82) is 0 Å². The van der Waals surface area contributed by atoms with Crippen molar-refractivity contribution in [3.63, 3.8) is 0 Å². The van der Waals surface area contributed by atoms with Gasteiger partial charge in [-0.15, -0.1) is 5.10 Å². The Bertz CT molecular complexity index is 584. The summed E-state index contributed by atoms with van der Waals surface area (Å²) in [5.74, 6) is 2.22. The first-order chi connectivity index (χ1) is 10.2. The van der Waals surface area contributed by atoms with E-state index in [1.54, 1.807) is 18.9 Å². The minimum Gasteiger partial charge on any atom is -0.493 e. The van der Waals surface area contributed by atoms with Crippen molar-refractivity contribution in [2.45, 2.75) is 26.4 Å². The lowest BCUT2D eigenvalue weighted by atomic mass is 10.2. The zero-order valence-electron chi connectivity index (χ0n) is 12.8. The maximum absolute atomic E-state index is 5.31. The number of nitrogens with zero attached hydrogens (tertiary/aromatic N) is 4. The number of hydrogen-bond donors (Lipinski definition) is 1. The summed E-state index contributed by atoms with van der Waals surface area (Å²) < 4.78 is 12.3. The molecule has 1 N–H and O–H groups in total. The minimum atomic E-state index is 0.102. The van der Waals surface area contributed by atoms with Crippen LogP contribution in [0.25, 0.3) is 0 Å². The summed E-state index contributed by atoms with van der Waals surface area (Å²) in [6, 6.07) is 5.89. The molecular formula is C14H21N5O2. The standard InChI is InChI=1S/C14H21N5O2/c1-5-15-10(2)14-16-17-18-19(14)9-11-6-7-12(20-3)13(8-11)21-4/h6-8,10,15H,5,9H2,1-4H3. The number of hydrogen-bond acceptors (Lipinski definition) is 6. The van der Waals surface area contributed by atoms with Crippen molar-refractivity contribution >= 4 is 0 Å². The molecule has 2 aromatic rings. The molecule has 0 saturated carbocycles. The van der Waals surface area contributed by atoms with Gasteiger partial charge < -0.3 is 14.8 Å². The first-order valence-electron chi connectivity index (χ1n) is 6.90. The van der Waals surface area contributed by atoms with E-state index in [1.807, 2.05) is 25.1 Å². The molecule has 0 spiro atoms. The normalized spacial score (nSPS) is 12.2. The third-order valence-corrected chi connectivity index (χ3v) is 3.24. The van der Waals surface area contributed by atoms with Crippen LogP contribution in [0.4, 0.5) is 0 Å². The lowest BCUT2D eigenvalue weighted by molar-refractivity contribution is 0.354. The minimum absolute atomic E-state index is 0.102. The van der Waals surface area contributed by atoms with Crippen LogP contribution >= 0.6 is 0 Å². The fourth-order valence-corrected chi connectivity index (χ4v) is 2.18. The van der Waals surface area contributed by atoms with Crippen molar-refractivity contribution in [3.05, 3.63) is 29.6 Å².